The molecule has 23 heavy (non-hydrogen) atoms. The molecule has 2 aliphatic rings. The molecule has 0 radical (unpaired) electrons. The molecule has 2 fully saturated rings. The predicted octanol–water partition coefficient (Wildman–Crippen LogP) is 1.26. The van der Waals surface area contributed by atoms with Crippen molar-refractivity contribution in [3.8, 4) is 0 Å². The zero-order chi connectivity index (χ0) is 16.4. The van der Waals surface area contributed by atoms with Gasteiger partial charge in [0, 0.05) is 12.6 Å². The SMILES string of the molecule is Cc1cccc(CN2CCCC2C(=O)NC2CCS(=O)(=O)C2)c1. The van der Waals surface area contributed by atoms with E-state index in [-0.39, 0.29) is 29.5 Å². The number of likely N-dealkylation sites (tertiary alicyclic amines) is 1. The van der Waals surface area contributed by atoms with Crippen molar-refractivity contribution in [2.75, 3.05) is 18.1 Å². The van der Waals surface area contributed by atoms with Gasteiger partial charge >= 0.3 is 0 Å². The molecule has 1 aromatic carbocycles. The molecule has 2 heterocycles. The lowest BCUT2D eigenvalue weighted by molar-refractivity contribution is -0.126. The van der Waals surface area contributed by atoms with Gasteiger partial charge in [0.2, 0.25) is 5.91 Å². The molecule has 2 aliphatic heterocycles. The van der Waals surface area contributed by atoms with Gasteiger partial charge in [-0.1, -0.05) is 29.8 Å². The zero-order valence-corrected chi connectivity index (χ0v) is 14.3. The molecular weight excluding hydrogens is 312 g/mol. The summed E-state index contributed by atoms with van der Waals surface area (Å²) in [6, 6.07) is 7.99. The van der Waals surface area contributed by atoms with Gasteiger partial charge < -0.3 is 5.32 Å². The minimum absolute atomic E-state index is 0.0164. The number of carbonyl (C=O) groups is 1. The van der Waals surface area contributed by atoms with Gasteiger partial charge in [0.25, 0.3) is 0 Å². The summed E-state index contributed by atoms with van der Waals surface area (Å²) in [6.45, 7) is 3.75. The maximum Gasteiger partial charge on any atom is 0.237 e. The Hall–Kier alpha value is -1.40. The number of hydrogen-bond donors (Lipinski definition) is 1. The molecule has 2 saturated heterocycles. The Bertz CT molecular complexity index is 687. The number of benzene rings is 1. The van der Waals surface area contributed by atoms with Crippen LogP contribution < -0.4 is 5.32 Å². The monoisotopic (exact) mass is 336 g/mol. The van der Waals surface area contributed by atoms with Crippen LogP contribution in [0.25, 0.3) is 0 Å². The van der Waals surface area contributed by atoms with Crippen LogP contribution in [-0.4, -0.2) is 49.4 Å². The van der Waals surface area contributed by atoms with Gasteiger partial charge in [0.05, 0.1) is 17.5 Å². The van der Waals surface area contributed by atoms with Gasteiger partial charge in [0.15, 0.2) is 9.84 Å². The number of hydrogen-bond acceptors (Lipinski definition) is 4. The highest BCUT2D eigenvalue weighted by Crippen LogP contribution is 2.21. The van der Waals surface area contributed by atoms with Crippen LogP contribution in [0, 0.1) is 6.92 Å². The van der Waals surface area contributed by atoms with Crippen molar-refractivity contribution in [3.63, 3.8) is 0 Å². The lowest BCUT2D eigenvalue weighted by Crippen LogP contribution is -2.47. The largest absolute Gasteiger partial charge is 0.351 e. The van der Waals surface area contributed by atoms with E-state index < -0.39 is 9.84 Å². The Morgan fingerprint density at radius 3 is 2.87 bits per heavy atom. The number of carbonyl (C=O) groups excluding carboxylic acids is 1. The molecule has 3 rings (SSSR count). The molecule has 5 nitrogen and oxygen atoms in total. The van der Waals surface area contributed by atoms with Crippen LogP contribution in [-0.2, 0) is 21.2 Å². The second kappa shape index (κ2) is 6.61. The van der Waals surface area contributed by atoms with Crippen molar-refractivity contribution in [3.05, 3.63) is 35.4 Å². The summed E-state index contributed by atoms with van der Waals surface area (Å²) in [5.74, 6) is 0.260. The molecule has 1 aromatic rings. The molecule has 2 unspecified atom stereocenters. The van der Waals surface area contributed by atoms with Crippen molar-refractivity contribution in [1.29, 1.82) is 0 Å². The minimum Gasteiger partial charge on any atom is -0.351 e. The average molecular weight is 336 g/mol. The molecule has 1 N–H and O–H groups in total. The number of nitrogens with zero attached hydrogens (tertiary/aromatic N) is 1. The minimum atomic E-state index is -2.96. The molecule has 0 aliphatic carbocycles. The van der Waals surface area contributed by atoms with E-state index in [1.54, 1.807) is 0 Å². The van der Waals surface area contributed by atoms with E-state index in [0.717, 1.165) is 25.9 Å². The first kappa shape index (κ1) is 16.5. The van der Waals surface area contributed by atoms with Crippen LogP contribution in [0.2, 0.25) is 0 Å². The molecule has 1 amide bonds. The number of amides is 1. The standard InChI is InChI=1S/C17H24N2O3S/c1-13-4-2-5-14(10-13)11-19-8-3-6-16(19)17(20)18-15-7-9-23(21,22)12-15/h2,4-5,10,15-16H,3,6-9,11-12H2,1H3,(H,18,20). The van der Waals surface area contributed by atoms with Crippen LogP contribution in [0.5, 0.6) is 0 Å². The van der Waals surface area contributed by atoms with Gasteiger partial charge in [-0.2, -0.15) is 0 Å². The molecule has 6 heteroatoms. The molecule has 0 saturated carbocycles. The quantitative estimate of drug-likeness (QED) is 0.899. The third kappa shape index (κ3) is 4.12. The average Bonchev–Trinajstić information content (AvgIpc) is 3.05. The van der Waals surface area contributed by atoms with Gasteiger partial charge in [-0.15, -0.1) is 0 Å². The van der Waals surface area contributed by atoms with E-state index in [4.69, 9.17) is 0 Å². The Labute approximate surface area is 138 Å². The third-order valence-corrected chi connectivity index (χ3v) is 6.48. The summed E-state index contributed by atoms with van der Waals surface area (Å²) in [7, 11) is -2.96. The van der Waals surface area contributed by atoms with E-state index in [0.29, 0.717) is 6.42 Å². The van der Waals surface area contributed by atoms with E-state index in [1.165, 1.54) is 11.1 Å². The summed E-state index contributed by atoms with van der Waals surface area (Å²) in [4.78, 5) is 14.7. The molecule has 2 atom stereocenters. The third-order valence-electron chi connectivity index (χ3n) is 4.71. The van der Waals surface area contributed by atoms with Crippen LogP contribution in [0.4, 0.5) is 0 Å². The lowest BCUT2D eigenvalue weighted by Gasteiger charge is -2.25. The number of aryl methyl sites for hydroxylation is 1. The fraction of sp³-hybridized carbons (Fsp3) is 0.588. The smallest absolute Gasteiger partial charge is 0.237 e. The topological polar surface area (TPSA) is 66.5 Å². The summed E-state index contributed by atoms with van der Waals surface area (Å²) in [5, 5.41) is 2.94. The first-order chi connectivity index (χ1) is 10.9. The number of sulfone groups is 1. The Balaban J connectivity index is 1.61. The highest BCUT2D eigenvalue weighted by Gasteiger charge is 2.34. The predicted molar refractivity (Wildman–Crippen MR) is 89.8 cm³/mol. The van der Waals surface area contributed by atoms with Crippen LogP contribution in [0.1, 0.15) is 30.4 Å². The maximum atomic E-state index is 12.5. The zero-order valence-electron chi connectivity index (χ0n) is 13.5. The molecular formula is C17H24N2O3S. The molecule has 0 spiro atoms. The summed E-state index contributed by atoms with van der Waals surface area (Å²) >= 11 is 0. The van der Waals surface area contributed by atoms with Crippen LogP contribution in [0.15, 0.2) is 24.3 Å². The second-order valence-electron chi connectivity index (χ2n) is 6.73. The first-order valence-corrected chi connectivity index (χ1v) is 10.1. The fourth-order valence-electron chi connectivity index (χ4n) is 3.56. The van der Waals surface area contributed by atoms with Crippen molar-refractivity contribution >= 4 is 15.7 Å². The Kier molecular flexibility index (Phi) is 4.73. The molecule has 126 valence electrons. The summed E-state index contributed by atoms with van der Waals surface area (Å²) < 4.78 is 23.0. The first-order valence-electron chi connectivity index (χ1n) is 8.23. The molecule has 0 bridgehead atoms. The van der Waals surface area contributed by atoms with E-state index in [2.05, 4.69) is 35.3 Å². The highest BCUT2D eigenvalue weighted by molar-refractivity contribution is 7.91. The van der Waals surface area contributed by atoms with Gasteiger partial charge in [0.1, 0.15) is 0 Å². The van der Waals surface area contributed by atoms with Crippen molar-refractivity contribution in [2.45, 2.75) is 44.8 Å². The van der Waals surface area contributed by atoms with Crippen molar-refractivity contribution in [1.82, 2.24) is 10.2 Å². The van der Waals surface area contributed by atoms with E-state index >= 15 is 0 Å². The van der Waals surface area contributed by atoms with Gasteiger partial charge in [-0.05, 0) is 38.3 Å². The van der Waals surface area contributed by atoms with E-state index in [9.17, 15) is 13.2 Å². The lowest BCUT2D eigenvalue weighted by atomic mass is 10.1. The summed E-state index contributed by atoms with van der Waals surface area (Å²) in [5.41, 5.74) is 2.44. The van der Waals surface area contributed by atoms with Crippen LogP contribution in [0.3, 0.4) is 0 Å². The van der Waals surface area contributed by atoms with Gasteiger partial charge in [-0.25, -0.2) is 8.42 Å². The Morgan fingerprint density at radius 2 is 2.17 bits per heavy atom. The van der Waals surface area contributed by atoms with Crippen LogP contribution >= 0.6 is 0 Å². The normalized spacial score (nSPS) is 27.2. The maximum absolute atomic E-state index is 12.5. The summed E-state index contributed by atoms with van der Waals surface area (Å²) in [6.07, 6.45) is 2.39. The van der Waals surface area contributed by atoms with Crippen molar-refractivity contribution < 1.29 is 13.2 Å². The number of rotatable bonds is 4. The Morgan fingerprint density at radius 1 is 1.35 bits per heavy atom. The number of nitrogens with one attached hydrogen (secondary N) is 1. The van der Waals surface area contributed by atoms with Gasteiger partial charge in [-0.3, -0.25) is 9.69 Å². The van der Waals surface area contributed by atoms with Crippen molar-refractivity contribution in [2.24, 2.45) is 0 Å². The van der Waals surface area contributed by atoms with E-state index in [1.807, 2.05) is 6.07 Å². The molecule has 0 aromatic heterocycles. The second-order valence-corrected chi connectivity index (χ2v) is 8.95. The highest BCUT2D eigenvalue weighted by atomic mass is 32.2. The fourth-order valence-corrected chi connectivity index (χ4v) is 5.24.